The molecule has 1 aromatic carbocycles. The number of halogens is 1. The molecule has 0 heterocycles. The number of benzene rings is 1. The first-order chi connectivity index (χ1) is 7.54. The summed E-state index contributed by atoms with van der Waals surface area (Å²) in [6.45, 7) is 3.76. The summed E-state index contributed by atoms with van der Waals surface area (Å²) in [4.78, 5) is 11.6. The molecular weight excluding hydrogens is 268 g/mol. The number of ketones is 1. The van der Waals surface area contributed by atoms with E-state index in [9.17, 15) is 4.79 Å². The Bertz CT molecular complexity index is 391. The van der Waals surface area contributed by atoms with Crippen molar-refractivity contribution in [3.05, 3.63) is 34.3 Å². The Morgan fingerprint density at radius 3 is 2.31 bits per heavy atom. The molecule has 0 fully saturated rings. The smallest absolute Gasteiger partial charge is 0.172 e. The fourth-order valence-electron chi connectivity index (χ4n) is 1.19. The van der Waals surface area contributed by atoms with Crippen molar-refractivity contribution in [3.63, 3.8) is 0 Å². The van der Waals surface area contributed by atoms with Crippen LogP contribution in [0.3, 0.4) is 0 Å². The molecule has 16 heavy (non-hydrogen) atoms. The van der Waals surface area contributed by atoms with Gasteiger partial charge in [-0.15, -0.1) is 0 Å². The van der Waals surface area contributed by atoms with E-state index in [1.807, 2.05) is 44.2 Å². The van der Waals surface area contributed by atoms with Crippen LogP contribution in [0.15, 0.2) is 28.7 Å². The topological polar surface area (TPSA) is 26.3 Å². The fraction of sp³-hybridized carbons (Fsp3) is 0.308. The minimum atomic E-state index is 0.00359. The highest BCUT2D eigenvalue weighted by atomic mass is 79.9. The molecule has 1 aromatic rings. The van der Waals surface area contributed by atoms with Crippen molar-refractivity contribution in [1.29, 1.82) is 0 Å². The number of hydrogen-bond donors (Lipinski definition) is 0. The Hall–Kier alpha value is -1.09. The van der Waals surface area contributed by atoms with E-state index in [4.69, 9.17) is 4.74 Å². The van der Waals surface area contributed by atoms with Gasteiger partial charge in [0, 0.05) is 5.92 Å². The quantitative estimate of drug-likeness (QED) is 0.788. The van der Waals surface area contributed by atoms with Gasteiger partial charge in [-0.25, -0.2) is 0 Å². The Kier molecular flexibility index (Phi) is 4.74. The Labute approximate surface area is 104 Å². The summed E-state index contributed by atoms with van der Waals surface area (Å²) in [5.41, 5.74) is 0.974. The van der Waals surface area contributed by atoms with Crippen molar-refractivity contribution in [1.82, 2.24) is 0 Å². The lowest BCUT2D eigenvalue weighted by Crippen LogP contribution is -2.05. The molecule has 0 aliphatic heterocycles. The normalized spacial score (nSPS) is 11.7. The van der Waals surface area contributed by atoms with E-state index < -0.39 is 0 Å². The molecule has 0 atom stereocenters. The SMILES string of the molecule is COc1ccc(/C=C(/Br)C(=O)C(C)C)cc1. The van der Waals surface area contributed by atoms with Crippen LogP contribution in [0.25, 0.3) is 6.08 Å². The zero-order valence-electron chi connectivity index (χ0n) is 9.66. The molecule has 0 spiro atoms. The Morgan fingerprint density at radius 2 is 1.88 bits per heavy atom. The predicted octanol–water partition coefficient (Wildman–Crippen LogP) is 3.66. The molecule has 0 amide bonds. The molecule has 0 aromatic heterocycles. The predicted molar refractivity (Wildman–Crippen MR) is 69.7 cm³/mol. The van der Waals surface area contributed by atoms with E-state index in [-0.39, 0.29) is 11.7 Å². The second-order valence-electron chi connectivity index (χ2n) is 3.78. The molecule has 86 valence electrons. The van der Waals surface area contributed by atoms with E-state index in [0.29, 0.717) is 4.48 Å². The highest BCUT2D eigenvalue weighted by Gasteiger charge is 2.10. The molecule has 0 aliphatic carbocycles. The maximum absolute atomic E-state index is 11.6. The van der Waals surface area contributed by atoms with Gasteiger partial charge in [-0.1, -0.05) is 26.0 Å². The van der Waals surface area contributed by atoms with E-state index in [1.54, 1.807) is 7.11 Å². The number of carbonyl (C=O) groups is 1. The maximum Gasteiger partial charge on any atom is 0.172 e. The van der Waals surface area contributed by atoms with Gasteiger partial charge in [-0.2, -0.15) is 0 Å². The average Bonchev–Trinajstić information content (AvgIpc) is 2.28. The Morgan fingerprint density at radius 1 is 1.31 bits per heavy atom. The highest BCUT2D eigenvalue weighted by molar-refractivity contribution is 9.12. The van der Waals surface area contributed by atoms with Gasteiger partial charge < -0.3 is 4.74 Å². The van der Waals surface area contributed by atoms with E-state index in [0.717, 1.165) is 11.3 Å². The van der Waals surface area contributed by atoms with Gasteiger partial charge in [0.15, 0.2) is 5.78 Å². The summed E-state index contributed by atoms with van der Waals surface area (Å²) in [5, 5.41) is 0. The molecule has 0 radical (unpaired) electrons. The molecule has 0 aliphatic rings. The monoisotopic (exact) mass is 282 g/mol. The first-order valence-electron chi connectivity index (χ1n) is 5.10. The molecular formula is C13H15BrO2. The van der Waals surface area contributed by atoms with E-state index in [1.165, 1.54) is 0 Å². The largest absolute Gasteiger partial charge is 0.497 e. The number of rotatable bonds is 4. The summed E-state index contributed by atoms with van der Waals surface area (Å²) in [5.74, 6) is 0.920. The molecule has 0 unspecified atom stereocenters. The minimum Gasteiger partial charge on any atom is -0.497 e. The van der Waals surface area contributed by atoms with Gasteiger partial charge in [-0.05, 0) is 39.7 Å². The molecule has 0 saturated heterocycles. The van der Waals surface area contributed by atoms with Gasteiger partial charge in [0.25, 0.3) is 0 Å². The van der Waals surface area contributed by atoms with Crippen molar-refractivity contribution in [2.24, 2.45) is 5.92 Å². The zero-order valence-corrected chi connectivity index (χ0v) is 11.2. The van der Waals surface area contributed by atoms with Crippen molar-refractivity contribution >= 4 is 27.8 Å². The van der Waals surface area contributed by atoms with Crippen molar-refractivity contribution in [2.75, 3.05) is 7.11 Å². The first kappa shape index (κ1) is 13.0. The van der Waals surface area contributed by atoms with Gasteiger partial charge in [0.1, 0.15) is 5.75 Å². The molecule has 0 bridgehead atoms. The van der Waals surface area contributed by atoms with E-state index in [2.05, 4.69) is 15.9 Å². The fourth-order valence-corrected chi connectivity index (χ4v) is 1.92. The standard InChI is InChI=1S/C13H15BrO2/c1-9(2)13(15)12(14)8-10-4-6-11(16-3)7-5-10/h4-9H,1-3H3/b12-8+. The van der Waals surface area contributed by atoms with Crippen molar-refractivity contribution in [3.8, 4) is 5.75 Å². The molecule has 0 N–H and O–H groups in total. The third kappa shape index (κ3) is 3.49. The van der Waals surface area contributed by atoms with Crippen LogP contribution in [0.1, 0.15) is 19.4 Å². The van der Waals surface area contributed by atoms with Gasteiger partial charge >= 0.3 is 0 Å². The third-order valence-electron chi connectivity index (χ3n) is 2.17. The molecule has 0 saturated carbocycles. The number of hydrogen-bond acceptors (Lipinski definition) is 2. The lowest BCUT2D eigenvalue weighted by Gasteiger charge is -2.03. The van der Waals surface area contributed by atoms with Crippen LogP contribution in [0.2, 0.25) is 0 Å². The maximum atomic E-state index is 11.6. The Balaban J connectivity index is 2.86. The lowest BCUT2D eigenvalue weighted by atomic mass is 10.1. The number of methoxy groups -OCH3 is 1. The summed E-state index contributed by atoms with van der Waals surface area (Å²) in [7, 11) is 1.63. The molecule has 1 rings (SSSR count). The van der Waals surface area contributed by atoms with Crippen LogP contribution < -0.4 is 4.74 Å². The average molecular weight is 283 g/mol. The minimum absolute atomic E-state index is 0.00359. The molecule has 3 heteroatoms. The summed E-state index contributed by atoms with van der Waals surface area (Å²) >= 11 is 3.30. The highest BCUT2D eigenvalue weighted by Crippen LogP contribution is 2.19. The zero-order chi connectivity index (χ0) is 12.1. The van der Waals surface area contributed by atoms with Crippen LogP contribution in [0.5, 0.6) is 5.75 Å². The van der Waals surface area contributed by atoms with Gasteiger partial charge in [0.05, 0.1) is 11.6 Å². The van der Waals surface area contributed by atoms with Crippen molar-refractivity contribution < 1.29 is 9.53 Å². The number of carbonyl (C=O) groups excluding carboxylic acids is 1. The van der Waals surface area contributed by atoms with Gasteiger partial charge in [-0.3, -0.25) is 4.79 Å². The van der Waals surface area contributed by atoms with Crippen LogP contribution in [0.4, 0.5) is 0 Å². The summed E-state index contributed by atoms with van der Waals surface area (Å²) in [6.07, 6.45) is 1.82. The number of allylic oxidation sites excluding steroid dienone is 1. The number of ether oxygens (including phenoxy) is 1. The van der Waals surface area contributed by atoms with Crippen LogP contribution in [-0.2, 0) is 4.79 Å². The van der Waals surface area contributed by atoms with E-state index >= 15 is 0 Å². The second kappa shape index (κ2) is 5.85. The first-order valence-corrected chi connectivity index (χ1v) is 5.89. The van der Waals surface area contributed by atoms with Crippen LogP contribution in [0, 0.1) is 5.92 Å². The molecule has 2 nitrogen and oxygen atoms in total. The second-order valence-corrected chi connectivity index (χ2v) is 4.64. The number of Topliss-reactive ketones (excluding diaryl/α,β-unsaturated/α-hetero) is 1. The summed E-state index contributed by atoms with van der Waals surface area (Å²) in [6, 6.07) is 7.55. The van der Waals surface area contributed by atoms with Crippen LogP contribution >= 0.6 is 15.9 Å². The lowest BCUT2D eigenvalue weighted by molar-refractivity contribution is -0.117. The van der Waals surface area contributed by atoms with Crippen LogP contribution in [-0.4, -0.2) is 12.9 Å². The van der Waals surface area contributed by atoms with Crippen molar-refractivity contribution in [2.45, 2.75) is 13.8 Å². The van der Waals surface area contributed by atoms with Gasteiger partial charge in [0.2, 0.25) is 0 Å². The third-order valence-corrected chi connectivity index (χ3v) is 2.79. The summed E-state index contributed by atoms with van der Waals surface area (Å²) < 4.78 is 5.66.